The molecular weight excluding hydrogens is 250 g/mol. The number of phenolic OH excluding ortho intramolecular Hbond substituents is 2. The van der Waals surface area contributed by atoms with Gasteiger partial charge in [-0.2, -0.15) is 5.10 Å². The third-order valence-corrected chi connectivity index (χ3v) is 2.44. The number of thiocarbonyl (C=S) groups is 1. The van der Waals surface area contributed by atoms with Gasteiger partial charge in [0.15, 0.2) is 5.11 Å². The number of hydrazone groups is 1. The molecule has 0 bridgehead atoms. The number of unbranched alkanes of at least 4 members (excludes halogenated alkanes) is 1. The van der Waals surface area contributed by atoms with Gasteiger partial charge in [0, 0.05) is 18.2 Å². The van der Waals surface area contributed by atoms with Crippen LogP contribution >= 0.6 is 12.2 Å². The van der Waals surface area contributed by atoms with Gasteiger partial charge >= 0.3 is 0 Å². The van der Waals surface area contributed by atoms with Crippen LogP contribution in [-0.4, -0.2) is 28.1 Å². The lowest BCUT2D eigenvalue weighted by molar-refractivity contribution is 0.450. The number of hydrogen-bond donors (Lipinski definition) is 4. The summed E-state index contributed by atoms with van der Waals surface area (Å²) in [5, 5.41) is 26.0. The quantitative estimate of drug-likeness (QED) is 0.283. The van der Waals surface area contributed by atoms with Crippen LogP contribution in [-0.2, 0) is 0 Å². The number of phenols is 2. The molecule has 5 nitrogen and oxygen atoms in total. The molecule has 6 heteroatoms. The summed E-state index contributed by atoms with van der Waals surface area (Å²) in [6.45, 7) is 2.91. The molecule has 18 heavy (non-hydrogen) atoms. The van der Waals surface area contributed by atoms with E-state index in [-0.39, 0.29) is 11.5 Å². The Hall–Kier alpha value is -1.82. The highest BCUT2D eigenvalue weighted by atomic mass is 32.1. The first-order valence-corrected chi connectivity index (χ1v) is 6.13. The van der Waals surface area contributed by atoms with Crippen molar-refractivity contribution < 1.29 is 10.2 Å². The highest BCUT2D eigenvalue weighted by Crippen LogP contribution is 2.20. The molecule has 0 amide bonds. The van der Waals surface area contributed by atoms with Crippen molar-refractivity contribution >= 4 is 23.5 Å². The van der Waals surface area contributed by atoms with Crippen LogP contribution in [0.5, 0.6) is 11.5 Å². The van der Waals surface area contributed by atoms with E-state index in [1.54, 1.807) is 6.07 Å². The van der Waals surface area contributed by atoms with Gasteiger partial charge in [0.05, 0.1) is 6.21 Å². The summed E-state index contributed by atoms with van der Waals surface area (Å²) >= 11 is 5.00. The SMILES string of the molecule is CCCCNC(=S)NN=Cc1ccc(O)cc1O. The van der Waals surface area contributed by atoms with E-state index in [4.69, 9.17) is 17.3 Å². The fourth-order valence-corrected chi connectivity index (χ4v) is 1.37. The molecule has 0 aliphatic rings. The van der Waals surface area contributed by atoms with Gasteiger partial charge in [-0.15, -0.1) is 0 Å². The molecular formula is C12H17N3O2S. The summed E-state index contributed by atoms with van der Waals surface area (Å²) in [4.78, 5) is 0. The van der Waals surface area contributed by atoms with Crippen LogP contribution in [0.2, 0.25) is 0 Å². The Morgan fingerprint density at radius 3 is 2.89 bits per heavy atom. The molecule has 0 saturated carbocycles. The van der Waals surface area contributed by atoms with E-state index in [0.29, 0.717) is 10.7 Å². The zero-order chi connectivity index (χ0) is 13.4. The normalized spacial score (nSPS) is 10.5. The summed E-state index contributed by atoms with van der Waals surface area (Å²) in [7, 11) is 0. The Morgan fingerprint density at radius 1 is 1.44 bits per heavy atom. The van der Waals surface area contributed by atoms with Gasteiger partial charge in [-0.25, -0.2) is 0 Å². The lowest BCUT2D eigenvalue weighted by atomic mass is 10.2. The Balaban J connectivity index is 2.42. The van der Waals surface area contributed by atoms with E-state index < -0.39 is 0 Å². The molecule has 0 fully saturated rings. The fourth-order valence-electron chi connectivity index (χ4n) is 1.22. The van der Waals surface area contributed by atoms with Crippen molar-refractivity contribution in [1.29, 1.82) is 0 Å². The van der Waals surface area contributed by atoms with Crippen LogP contribution in [0, 0.1) is 0 Å². The highest BCUT2D eigenvalue weighted by molar-refractivity contribution is 7.80. The largest absolute Gasteiger partial charge is 0.508 e. The third kappa shape index (κ3) is 5.01. The third-order valence-electron chi connectivity index (χ3n) is 2.20. The van der Waals surface area contributed by atoms with E-state index in [0.717, 1.165) is 19.4 Å². The van der Waals surface area contributed by atoms with Gasteiger partial charge in [-0.1, -0.05) is 13.3 Å². The number of rotatable bonds is 5. The van der Waals surface area contributed by atoms with Crippen LogP contribution in [0.3, 0.4) is 0 Å². The summed E-state index contributed by atoms with van der Waals surface area (Å²) in [6, 6.07) is 4.28. The van der Waals surface area contributed by atoms with Crippen molar-refractivity contribution in [2.24, 2.45) is 5.10 Å². The second kappa shape index (κ2) is 7.50. The molecule has 0 unspecified atom stereocenters. The van der Waals surface area contributed by atoms with E-state index in [1.165, 1.54) is 18.3 Å². The number of benzene rings is 1. The molecule has 4 N–H and O–H groups in total. The number of nitrogens with zero attached hydrogens (tertiary/aromatic N) is 1. The first-order valence-electron chi connectivity index (χ1n) is 5.72. The van der Waals surface area contributed by atoms with Gasteiger partial charge in [0.2, 0.25) is 0 Å². The summed E-state index contributed by atoms with van der Waals surface area (Å²) < 4.78 is 0. The molecule has 0 atom stereocenters. The molecule has 1 aromatic rings. The molecule has 0 saturated heterocycles. The maximum Gasteiger partial charge on any atom is 0.186 e. The summed E-state index contributed by atoms with van der Waals surface area (Å²) in [5.74, 6) is -0.0280. The predicted molar refractivity (Wildman–Crippen MR) is 76.0 cm³/mol. The standard InChI is InChI=1S/C12H17N3O2S/c1-2-3-6-13-12(18)15-14-8-9-4-5-10(16)7-11(9)17/h4-5,7-8,16-17H,2-3,6H2,1H3,(H2,13,15,18). The minimum atomic E-state index is -0.0367. The maximum atomic E-state index is 9.50. The van der Waals surface area contributed by atoms with Crippen molar-refractivity contribution in [2.45, 2.75) is 19.8 Å². The zero-order valence-corrected chi connectivity index (χ0v) is 11.0. The van der Waals surface area contributed by atoms with E-state index in [1.807, 2.05) is 0 Å². The highest BCUT2D eigenvalue weighted by Gasteiger charge is 1.99. The lowest BCUT2D eigenvalue weighted by Crippen LogP contribution is -2.32. The molecule has 0 spiro atoms. The summed E-state index contributed by atoms with van der Waals surface area (Å²) in [5.41, 5.74) is 3.14. The summed E-state index contributed by atoms with van der Waals surface area (Å²) in [6.07, 6.45) is 3.58. The average molecular weight is 267 g/mol. The predicted octanol–water partition coefficient (Wildman–Crippen LogP) is 1.70. The second-order valence-electron chi connectivity index (χ2n) is 3.72. The molecule has 0 heterocycles. The maximum absolute atomic E-state index is 9.50. The molecule has 98 valence electrons. The smallest absolute Gasteiger partial charge is 0.186 e. The van der Waals surface area contributed by atoms with Crippen LogP contribution in [0.15, 0.2) is 23.3 Å². The van der Waals surface area contributed by atoms with Crippen molar-refractivity contribution in [3.8, 4) is 11.5 Å². The van der Waals surface area contributed by atoms with Crippen molar-refractivity contribution in [3.63, 3.8) is 0 Å². The molecule has 0 radical (unpaired) electrons. The number of nitrogens with one attached hydrogen (secondary N) is 2. The Morgan fingerprint density at radius 2 is 2.22 bits per heavy atom. The minimum Gasteiger partial charge on any atom is -0.508 e. The minimum absolute atomic E-state index is 0.00867. The second-order valence-corrected chi connectivity index (χ2v) is 4.13. The monoisotopic (exact) mass is 267 g/mol. The Kier molecular flexibility index (Phi) is 5.93. The van der Waals surface area contributed by atoms with Gasteiger partial charge in [0.25, 0.3) is 0 Å². The van der Waals surface area contributed by atoms with E-state index in [2.05, 4.69) is 22.8 Å². The van der Waals surface area contributed by atoms with Crippen LogP contribution < -0.4 is 10.7 Å². The van der Waals surface area contributed by atoms with Gasteiger partial charge in [0.1, 0.15) is 11.5 Å². The van der Waals surface area contributed by atoms with Crippen molar-refractivity contribution in [3.05, 3.63) is 23.8 Å². The van der Waals surface area contributed by atoms with Crippen LogP contribution in [0.4, 0.5) is 0 Å². The van der Waals surface area contributed by atoms with Crippen molar-refractivity contribution in [1.82, 2.24) is 10.7 Å². The average Bonchev–Trinajstić information content (AvgIpc) is 2.32. The number of hydrogen-bond acceptors (Lipinski definition) is 4. The van der Waals surface area contributed by atoms with Crippen LogP contribution in [0.1, 0.15) is 25.3 Å². The van der Waals surface area contributed by atoms with Crippen LogP contribution in [0.25, 0.3) is 0 Å². The molecule has 0 aromatic heterocycles. The molecule has 1 aromatic carbocycles. The fraction of sp³-hybridized carbons (Fsp3) is 0.333. The van der Waals surface area contributed by atoms with Gasteiger partial charge < -0.3 is 15.5 Å². The molecule has 1 rings (SSSR count). The van der Waals surface area contributed by atoms with Gasteiger partial charge in [-0.05, 0) is 30.8 Å². The molecule has 0 aliphatic carbocycles. The first-order chi connectivity index (χ1) is 8.63. The first kappa shape index (κ1) is 14.2. The van der Waals surface area contributed by atoms with Gasteiger partial charge in [-0.3, -0.25) is 5.43 Å². The Bertz CT molecular complexity index is 435. The number of aromatic hydroxyl groups is 2. The molecule has 0 aliphatic heterocycles. The van der Waals surface area contributed by atoms with Crippen molar-refractivity contribution in [2.75, 3.05) is 6.54 Å². The Labute approximate surface area is 112 Å². The van der Waals surface area contributed by atoms with E-state index >= 15 is 0 Å². The topological polar surface area (TPSA) is 76.9 Å². The van der Waals surface area contributed by atoms with E-state index in [9.17, 15) is 5.11 Å². The zero-order valence-electron chi connectivity index (χ0n) is 10.2. The lowest BCUT2D eigenvalue weighted by Gasteiger charge is -2.05.